The third kappa shape index (κ3) is 3.35. The second-order valence-electron chi connectivity index (χ2n) is 5.70. The second-order valence-corrected chi connectivity index (χ2v) is 7.61. The number of piperidine rings is 1. The standard InChI is InChI=1S/C14H18N2O6S/c1-9-6-12(16(19)20)13(7-10(9)2)23(21,22)15-5-3-4-11(8-15)14(17)18/h6-7,11H,3-5,8H2,1-2H3,(H,17,18). The lowest BCUT2D eigenvalue weighted by molar-refractivity contribution is -0.387. The molecule has 1 aromatic carbocycles. The highest BCUT2D eigenvalue weighted by atomic mass is 32.2. The molecule has 0 aromatic heterocycles. The fourth-order valence-electron chi connectivity index (χ4n) is 2.63. The number of carboxylic acid groups (broad SMARTS) is 1. The molecule has 0 radical (unpaired) electrons. The third-order valence-electron chi connectivity index (χ3n) is 4.12. The van der Waals surface area contributed by atoms with Gasteiger partial charge in [0.2, 0.25) is 10.0 Å². The minimum absolute atomic E-state index is 0.163. The fourth-order valence-corrected chi connectivity index (χ4v) is 4.37. The molecule has 0 bridgehead atoms. The van der Waals surface area contributed by atoms with Gasteiger partial charge in [0.25, 0.3) is 5.69 Å². The van der Waals surface area contributed by atoms with Gasteiger partial charge in [-0.1, -0.05) is 0 Å². The first-order valence-electron chi connectivity index (χ1n) is 7.13. The quantitative estimate of drug-likeness (QED) is 0.657. The molecule has 1 atom stereocenters. The summed E-state index contributed by atoms with van der Waals surface area (Å²) in [6, 6.07) is 2.52. The summed E-state index contributed by atoms with van der Waals surface area (Å²) in [7, 11) is -4.12. The van der Waals surface area contributed by atoms with E-state index in [0.717, 1.165) is 4.31 Å². The van der Waals surface area contributed by atoms with Crippen LogP contribution in [0.2, 0.25) is 0 Å². The van der Waals surface area contributed by atoms with Crippen LogP contribution in [-0.4, -0.2) is 41.8 Å². The Labute approximate surface area is 133 Å². The van der Waals surface area contributed by atoms with Gasteiger partial charge in [-0.25, -0.2) is 8.42 Å². The van der Waals surface area contributed by atoms with Crippen LogP contribution in [0.1, 0.15) is 24.0 Å². The fraction of sp³-hybridized carbons (Fsp3) is 0.500. The van der Waals surface area contributed by atoms with Gasteiger partial charge in [0.1, 0.15) is 0 Å². The Hall–Kier alpha value is -2.00. The van der Waals surface area contributed by atoms with E-state index in [1.165, 1.54) is 12.1 Å². The number of carbonyl (C=O) groups is 1. The molecule has 0 spiro atoms. The lowest BCUT2D eigenvalue weighted by Crippen LogP contribution is -2.42. The van der Waals surface area contributed by atoms with E-state index in [-0.39, 0.29) is 18.0 Å². The molecule has 8 nitrogen and oxygen atoms in total. The van der Waals surface area contributed by atoms with Crippen molar-refractivity contribution in [1.82, 2.24) is 4.31 Å². The molecule has 2 rings (SSSR count). The number of benzene rings is 1. The van der Waals surface area contributed by atoms with Gasteiger partial charge < -0.3 is 5.11 Å². The van der Waals surface area contributed by atoms with E-state index in [0.29, 0.717) is 24.0 Å². The van der Waals surface area contributed by atoms with E-state index in [4.69, 9.17) is 5.11 Å². The molecule has 1 heterocycles. The zero-order valence-electron chi connectivity index (χ0n) is 12.9. The number of nitro benzene ring substituents is 1. The molecular formula is C14H18N2O6S. The monoisotopic (exact) mass is 342 g/mol. The van der Waals surface area contributed by atoms with Gasteiger partial charge >= 0.3 is 5.97 Å². The molecule has 1 saturated heterocycles. The van der Waals surface area contributed by atoms with Crippen molar-refractivity contribution in [2.24, 2.45) is 5.92 Å². The zero-order valence-corrected chi connectivity index (χ0v) is 13.7. The molecule has 1 aliphatic rings. The Bertz CT molecular complexity index is 759. The van der Waals surface area contributed by atoms with Crippen LogP contribution in [0.4, 0.5) is 5.69 Å². The molecule has 23 heavy (non-hydrogen) atoms. The summed E-state index contributed by atoms with van der Waals surface area (Å²) in [5.41, 5.74) is 0.768. The SMILES string of the molecule is Cc1cc([N+](=O)[O-])c(S(=O)(=O)N2CCCC(C(=O)O)C2)cc1C. The predicted molar refractivity (Wildman–Crippen MR) is 81.7 cm³/mol. The molecule has 9 heteroatoms. The molecule has 0 amide bonds. The topological polar surface area (TPSA) is 118 Å². The summed E-state index contributed by atoms with van der Waals surface area (Å²) in [4.78, 5) is 21.2. The molecular weight excluding hydrogens is 324 g/mol. The molecule has 1 aromatic rings. The Morgan fingerprint density at radius 2 is 1.96 bits per heavy atom. The van der Waals surface area contributed by atoms with Crippen LogP contribution in [0.15, 0.2) is 17.0 Å². The van der Waals surface area contributed by atoms with Crippen molar-refractivity contribution < 1.29 is 23.2 Å². The van der Waals surface area contributed by atoms with Crippen molar-refractivity contribution >= 4 is 21.7 Å². The molecule has 0 saturated carbocycles. The molecule has 1 unspecified atom stereocenters. The molecule has 0 aliphatic carbocycles. The average Bonchev–Trinajstić information content (AvgIpc) is 2.49. The van der Waals surface area contributed by atoms with Crippen molar-refractivity contribution in [3.8, 4) is 0 Å². The van der Waals surface area contributed by atoms with E-state index >= 15 is 0 Å². The zero-order chi connectivity index (χ0) is 17.4. The number of carboxylic acids is 1. The third-order valence-corrected chi connectivity index (χ3v) is 6.02. The maximum absolute atomic E-state index is 12.8. The van der Waals surface area contributed by atoms with Gasteiger partial charge in [-0.2, -0.15) is 4.31 Å². The van der Waals surface area contributed by atoms with E-state index < -0.39 is 32.5 Å². The number of rotatable bonds is 4. The summed E-state index contributed by atoms with van der Waals surface area (Å²) >= 11 is 0. The van der Waals surface area contributed by atoms with Gasteiger partial charge in [0.15, 0.2) is 4.90 Å². The highest BCUT2D eigenvalue weighted by Crippen LogP contribution is 2.31. The van der Waals surface area contributed by atoms with Crippen molar-refractivity contribution in [1.29, 1.82) is 0 Å². The van der Waals surface area contributed by atoms with Gasteiger partial charge in [-0.3, -0.25) is 14.9 Å². The molecule has 1 N–H and O–H groups in total. The number of sulfonamides is 1. The average molecular weight is 342 g/mol. The van der Waals surface area contributed by atoms with Gasteiger partial charge in [-0.15, -0.1) is 0 Å². The number of hydrogen-bond donors (Lipinski definition) is 1. The second kappa shape index (κ2) is 6.25. The van der Waals surface area contributed by atoms with Crippen LogP contribution in [-0.2, 0) is 14.8 Å². The van der Waals surface area contributed by atoms with Crippen LogP contribution < -0.4 is 0 Å². The summed E-state index contributed by atoms with van der Waals surface area (Å²) < 4.78 is 26.6. The van der Waals surface area contributed by atoms with Crippen molar-refractivity contribution in [2.75, 3.05) is 13.1 Å². The van der Waals surface area contributed by atoms with Crippen LogP contribution in [0, 0.1) is 29.9 Å². The van der Waals surface area contributed by atoms with Gasteiger partial charge in [0.05, 0.1) is 10.8 Å². The number of nitrogens with zero attached hydrogens (tertiary/aromatic N) is 2. The number of nitro groups is 1. The lowest BCUT2D eigenvalue weighted by atomic mass is 10.0. The van der Waals surface area contributed by atoms with Crippen molar-refractivity contribution in [3.63, 3.8) is 0 Å². The van der Waals surface area contributed by atoms with E-state index in [1.807, 2.05) is 0 Å². The lowest BCUT2D eigenvalue weighted by Gasteiger charge is -2.29. The van der Waals surface area contributed by atoms with Crippen molar-refractivity contribution in [2.45, 2.75) is 31.6 Å². The summed E-state index contributed by atoms with van der Waals surface area (Å²) in [6.07, 6.45) is 0.811. The molecule has 1 aliphatic heterocycles. The molecule has 126 valence electrons. The first-order chi connectivity index (χ1) is 10.6. The minimum atomic E-state index is -4.12. The summed E-state index contributed by atoms with van der Waals surface area (Å²) in [6.45, 7) is 3.34. The van der Waals surface area contributed by atoms with E-state index in [1.54, 1.807) is 13.8 Å². The Morgan fingerprint density at radius 1 is 1.35 bits per heavy atom. The Morgan fingerprint density at radius 3 is 2.52 bits per heavy atom. The van der Waals surface area contributed by atoms with Crippen LogP contribution in [0.25, 0.3) is 0 Å². The normalized spacial score (nSPS) is 19.5. The van der Waals surface area contributed by atoms with Gasteiger partial charge in [-0.05, 0) is 43.9 Å². The minimum Gasteiger partial charge on any atom is -0.481 e. The maximum atomic E-state index is 12.8. The maximum Gasteiger partial charge on any atom is 0.307 e. The highest BCUT2D eigenvalue weighted by molar-refractivity contribution is 7.89. The first kappa shape index (κ1) is 17.4. The number of aryl methyl sites for hydroxylation is 2. The predicted octanol–water partition coefficient (Wildman–Crippen LogP) is 1.70. The van der Waals surface area contributed by atoms with E-state index in [9.17, 15) is 23.3 Å². The Balaban J connectivity index is 2.49. The van der Waals surface area contributed by atoms with Crippen LogP contribution >= 0.6 is 0 Å². The highest BCUT2D eigenvalue weighted by Gasteiger charge is 2.37. The number of aliphatic carboxylic acids is 1. The number of hydrogen-bond acceptors (Lipinski definition) is 5. The van der Waals surface area contributed by atoms with Crippen molar-refractivity contribution in [3.05, 3.63) is 33.4 Å². The Kier molecular flexibility index (Phi) is 4.71. The van der Waals surface area contributed by atoms with Gasteiger partial charge in [0, 0.05) is 19.2 Å². The molecule has 1 fully saturated rings. The smallest absolute Gasteiger partial charge is 0.307 e. The first-order valence-corrected chi connectivity index (χ1v) is 8.57. The van der Waals surface area contributed by atoms with Crippen LogP contribution in [0.5, 0.6) is 0 Å². The van der Waals surface area contributed by atoms with Crippen LogP contribution in [0.3, 0.4) is 0 Å². The largest absolute Gasteiger partial charge is 0.481 e. The summed E-state index contributed by atoms with van der Waals surface area (Å²) in [5.74, 6) is -1.84. The van der Waals surface area contributed by atoms with E-state index in [2.05, 4.69) is 0 Å². The summed E-state index contributed by atoms with van der Waals surface area (Å²) in [5, 5.41) is 20.3.